The van der Waals surface area contributed by atoms with Crippen molar-refractivity contribution in [3.8, 4) is 0 Å². The minimum absolute atomic E-state index is 0.0569. The predicted molar refractivity (Wildman–Crippen MR) is 62.9 cm³/mol. The van der Waals surface area contributed by atoms with Crippen molar-refractivity contribution in [2.75, 3.05) is 30.3 Å². The molecular formula is C12H18N2O. The lowest BCUT2D eigenvalue weighted by molar-refractivity contribution is 0.162. The summed E-state index contributed by atoms with van der Waals surface area (Å²) in [5.74, 6) is 0. The van der Waals surface area contributed by atoms with Crippen LogP contribution in [-0.2, 0) is 0 Å². The molecule has 15 heavy (non-hydrogen) atoms. The van der Waals surface area contributed by atoms with Gasteiger partial charge in [-0.05, 0) is 30.7 Å². The van der Waals surface area contributed by atoms with E-state index >= 15 is 0 Å². The minimum Gasteiger partial charge on any atom is -0.399 e. The number of hydrogen-bond acceptors (Lipinski definition) is 3. The average Bonchev–Trinajstić information content (AvgIpc) is 2.63. The van der Waals surface area contributed by atoms with Gasteiger partial charge < -0.3 is 15.7 Å². The number of anilines is 2. The molecule has 1 aliphatic rings. The predicted octanol–water partition coefficient (Wildman–Crippen LogP) is 1.48. The van der Waals surface area contributed by atoms with Crippen molar-refractivity contribution in [3.63, 3.8) is 0 Å². The first-order valence-corrected chi connectivity index (χ1v) is 5.34. The lowest BCUT2D eigenvalue weighted by Gasteiger charge is -2.23. The van der Waals surface area contributed by atoms with Crippen LogP contribution in [0.5, 0.6) is 0 Å². The highest BCUT2D eigenvalue weighted by molar-refractivity contribution is 5.53. The van der Waals surface area contributed by atoms with Crippen molar-refractivity contribution >= 4 is 11.4 Å². The average molecular weight is 206 g/mol. The third kappa shape index (κ3) is 2.07. The molecule has 0 spiro atoms. The normalized spacial score (nSPS) is 25.9. The Labute approximate surface area is 90.5 Å². The van der Waals surface area contributed by atoms with Crippen LogP contribution in [0.1, 0.15) is 13.3 Å². The molecule has 3 nitrogen and oxygen atoms in total. The summed E-state index contributed by atoms with van der Waals surface area (Å²) in [4.78, 5) is 2.30. The van der Waals surface area contributed by atoms with Crippen LogP contribution in [-0.4, -0.2) is 24.8 Å². The van der Waals surface area contributed by atoms with E-state index in [1.165, 1.54) is 5.69 Å². The molecule has 3 N–H and O–H groups in total. The molecule has 3 heteroatoms. The first-order chi connectivity index (χ1) is 7.13. The Morgan fingerprint density at radius 2 is 2.07 bits per heavy atom. The van der Waals surface area contributed by atoms with E-state index in [1.807, 2.05) is 24.3 Å². The Kier molecular flexibility index (Phi) is 2.57. The molecule has 0 radical (unpaired) electrons. The van der Waals surface area contributed by atoms with Crippen LogP contribution in [0.3, 0.4) is 0 Å². The maximum atomic E-state index is 9.29. The van der Waals surface area contributed by atoms with Gasteiger partial charge in [0.1, 0.15) is 0 Å². The number of hydrogen-bond donors (Lipinski definition) is 2. The zero-order valence-electron chi connectivity index (χ0n) is 9.11. The van der Waals surface area contributed by atoms with Crippen LogP contribution in [0, 0.1) is 5.41 Å². The van der Waals surface area contributed by atoms with Gasteiger partial charge >= 0.3 is 0 Å². The highest BCUT2D eigenvalue weighted by Crippen LogP contribution is 2.32. The zero-order valence-corrected chi connectivity index (χ0v) is 9.11. The number of nitrogens with zero attached hydrogens (tertiary/aromatic N) is 1. The van der Waals surface area contributed by atoms with E-state index in [0.717, 1.165) is 25.2 Å². The summed E-state index contributed by atoms with van der Waals surface area (Å²) in [6.07, 6.45) is 1.05. The summed E-state index contributed by atoms with van der Waals surface area (Å²) >= 11 is 0. The van der Waals surface area contributed by atoms with Gasteiger partial charge in [-0.3, -0.25) is 0 Å². The van der Waals surface area contributed by atoms with Gasteiger partial charge in [-0.25, -0.2) is 0 Å². The smallest absolute Gasteiger partial charge is 0.0502 e. The number of aliphatic hydroxyl groups excluding tert-OH is 1. The molecule has 0 aromatic heterocycles. The fourth-order valence-electron chi connectivity index (χ4n) is 2.06. The molecule has 0 aliphatic carbocycles. The molecule has 1 aliphatic heterocycles. The largest absolute Gasteiger partial charge is 0.399 e. The topological polar surface area (TPSA) is 49.5 Å². The summed E-state index contributed by atoms with van der Waals surface area (Å²) in [5, 5.41) is 9.29. The van der Waals surface area contributed by atoms with Gasteiger partial charge in [0.05, 0.1) is 6.61 Å². The second kappa shape index (κ2) is 3.74. The molecule has 82 valence electrons. The summed E-state index contributed by atoms with van der Waals surface area (Å²) in [6.45, 7) is 4.33. The molecule has 1 aromatic carbocycles. The van der Waals surface area contributed by atoms with Crippen LogP contribution in [0.15, 0.2) is 24.3 Å². The third-order valence-electron chi connectivity index (χ3n) is 3.20. The highest BCUT2D eigenvalue weighted by Gasteiger charge is 2.33. The quantitative estimate of drug-likeness (QED) is 0.721. The molecule has 0 saturated carbocycles. The molecule has 2 rings (SSSR count). The Hall–Kier alpha value is -1.22. The molecule has 1 atom stereocenters. The molecule has 1 fully saturated rings. The van der Waals surface area contributed by atoms with Crippen molar-refractivity contribution < 1.29 is 5.11 Å². The number of benzene rings is 1. The fourth-order valence-corrected chi connectivity index (χ4v) is 2.06. The van der Waals surface area contributed by atoms with E-state index in [9.17, 15) is 5.11 Å². The van der Waals surface area contributed by atoms with Crippen LogP contribution in [0.4, 0.5) is 11.4 Å². The van der Waals surface area contributed by atoms with Crippen molar-refractivity contribution in [1.29, 1.82) is 0 Å². The number of rotatable bonds is 2. The van der Waals surface area contributed by atoms with E-state index in [1.54, 1.807) is 0 Å². The van der Waals surface area contributed by atoms with E-state index in [4.69, 9.17) is 5.73 Å². The lowest BCUT2D eigenvalue weighted by atomic mass is 9.91. The summed E-state index contributed by atoms with van der Waals surface area (Å²) < 4.78 is 0. The Balaban J connectivity index is 2.11. The molecule has 0 bridgehead atoms. The van der Waals surface area contributed by atoms with E-state index in [-0.39, 0.29) is 12.0 Å². The maximum Gasteiger partial charge on any atom is 0.0502 e. The molecule has 1 saturated heterocycles. The monoisotopic (exact) mass is 206 g/mol. The van der Waals surface area contributed by atoms with Crippen molar-refractivity contribution in [1.82, 2.24) is 0 Å². The standard InChI is InChI=1S/C12H18N2O/c1-12(9-15)6-7-14(8-12)11-4-2-10(13)3-5-11/h2-5,15H,6-9,13H2,1H3. The first kappa shape index (κ1) is 10.3. The van der Waals surface area contributed by atoms with Crippen LogP contribution in [0.25, 0.3) is 0 Å². The van der Waals surface area contributed by atoms with Gasteiger partial charge in [-0.15, -0.1) is 0 Å². The fraction of sp³-hybridized carbons (Fsp3) is 0.500. The first-order valence-electron chi connectivity index (χ1n) is 5.34. The lowest BCUT2D eigenvalue weighted by Crippen LogP contribution is -2.27. The third-order valence-corrected chi connectivity index (χ3v) is 3.20. The van der Waals surface area contributed by atoms with Gasteiger partial charge in [0.15, 0.2) is 0 Å². The summed E-state index contributed by atoms with van der Waals surface area (Å²) in [7, 11) is 0. The number of nitrogen functional groups attached to an aromatic ring is 1. The molecule has 1 unspecified atom stereocenters. The Bertz CT molecular complexity index is 336. The SMILES string of the molecule is CC1(CO)CCN(c2ccc(N)cc2)C1. The van der Waals surface area contributed by atoms with E-state index < -0.39 is 0 Å². The second-order valence-electron chi connectivity index (χ2n) is 4.73. The number of aliphatic hydroxyl groups is 1. The Morgan fingerprint density at radius 1 is 1.40 bits per heavy atom. The summed E-state index contributed by atoms with van der Waals surface area (Å²) in [6, 6.07) is 7.92. The van der Waals surface area contributed by atoms with Crippen LogP contribution in [0.2, 0.25) is 0 Å². The van der Waals surface area contributed by atoms with Gasteiger partial charge in [0, 0.05) is 29.9 Å². The van der Waals surface area contributed by atoms with Gasteiger partial charge in [0.25, 0.3) is 0 Å². The van der Waals surface area contributed by atoms with Crippen molar-refractivity contribution in [3.05, 3.63) is 24.3 Å². The van der Waals surface area contributed by atoms with Crippen LogP contribution >= 0.6 is 0 Å². The Morgan fingerprint density at radius 3 is 2.60 bits per heavy atom. The maximum absolute atomic E-state index is 9.29. The highest BCUT2D eigenvalue weighted by atomic mass is 16.3. The molecule has 1 aromatic rings. The van der Waals surface area contributed by atoms with E-state index in [0.29, 0.717) is 0 Å². The summed E-state index contributed by atoms with van der Waals surface area (Å²) in [5.41, 5.74) is 7.69. The zero-order chi connectivity index (χ0) is 10.9. The minimum atomic E-state index is 0.0569. The molecule has 1 heterocycles. The molecular weight excluding hydrogens is 188 g/mol. The van der Waals surface area contributed by atoms with Crippen molar-refractivity contribution in [2.45, 2.75) is 13.3 Å². The second-order valence-corrected chi connectivity index (χ2v) is 4.73. The number of nitrogens with two attached hydrogens (primary N) is 1. The van der Waals surface area contributed by atoms with Crippen LogP contribution < -0.4 is 10.6 Å². The molecule has 0 amide bonds. The van der Waals surface area contributed by atoms with Gasteiger partial charge in [-0.2, -0.15) is 0 Å². The van der Waals surface area contributed by atoms with E-state index in [2.05, 4.69) is 11.8 Å². The van der Waals surface area contributed by atoms with Gasteiger partial charge in [-0.1, -0.05) is 6.92 Å². The van der Waals surface area contributed by atoms with Gasteiger partial charge in [0.2, 0.25) is 0 Å². The van der Waals surface area contributed by atoms with Crippen molar-refractivity contribution in [2.24, 2.45) is 5.41 Å².